The van der Waals surface area contributed by atoms with Crippen LogP contribution in [0.4, 0.5) is 0 Å². The van der Waals surface area contributed by atoms with Crippen molar-refractivity contribution in [2.24, 2.45) is 0 Å². The van der Waals surface area contributed by atoms with E-state index in [1.807, 2.05) is 0 Å². The molecule has 0 amide bonds. The van der Waals surface area contributed by atoms with E-state index in [1.54, 1.807) is 18.2 Å². The van der Waals surface area contributed by atoms with E-state index >= 15 is 0 Å². The fourth-order valence-corrected chi connectivity index (χ4v) is 1.34. The summed E-state index contributed by atoms with van der Waals surface area (Å²) in [4.78, 5) is 12.7. The molecule has 90 valence electrons. The molecule has 4 nitrogen and oxygen atoms in total. The van der Waals surface area contributed by atoms with E-state index in [2.05, 4.69) is 34.7 Å². The second-order valence-corrected chi connectivity index (χ2v) is 3.55. The van der Waals surface area contributed by atoms with Gasteiger partial charge in [0.2, 0.25) is 0 Å². The van der Waals surface area contributed by atoms with E-state index in [9.17, 15) is 5.11 Å². The summed E-state index contributed by atoms with van der Waals surface area (Å²) in [7, 11) is 0. The third kappa shape index (κ3) is 3.92. The highest BCUT2D eigenvalue weighted by molar-refractivity contribution is 5.05. The summed E-state index contributed by atoms with van der Waals surface area (Å²) in [6.45, 7) is 10.9. The van der Waals surface area contributed by atoms with Gasteiger partial charge in [-0.1, -0.05) is 18.2 Å². The predicted octanol–water partition coefficient (Wildman–Crippen LogP) is 1.94. The van der Waals surface area contributed by atoms with Gasteiger partial charge in [-0.05, 0) is 6.42 Å². The highest BCUT2D eigenvalue weighted by Crippen LogP contribution is 2.13. The number of rotatable bonds is 7. The molecule has 0 saturated carbocycles. The summed E-state index contributed by atoms with van der Waals surface area (Å²) in [6, 6.07) is 0. The lowest BCUT2D eigenvalue weighted by atomic mass is 10.2. The van der Waals surface area contributed by atoms with Crippen LogP contribution in [0, 0.1) is 0 Å². The van der Waals surface area contributed by atoms with Crippen LogP contribution in [0.5, 0.6) is 0 Å². The molecule has 0 radical (unpaired) electrons. The highest BCUT2D eigenvalue weighted by Gasteiger charge is 2.12. The first-order chi connectivity index (χ1) is 8.21. The molecule has 1 rings (SSSR count). The van der Waals surface area contributed by atoms with E-state index in [4.69, 9.17) is 0 Å². The van der Waals surface area contributed by atoms with Crippen LogP contribution < -0.4 is 0 Å². The van der Waals surface area contributed by atoms with Gasteiger partial charge in [0, 0.05) is 12.8 Å². The lowest BCUT2D eigenvalue weighted by Gasteiger charge is -2.09. The van der Waals surface area contributed by atoms with Crippen LogP contribution >= 0.6 is 0 Å². The minimum absolute atomic E-state index is 0.383. The number of allylic oxidation sites excluding steroid dienone is 2. The van der Waals surface area contributed by atoms with E-state index in [1.165, 1.54) is 0 Å². The Kier molecular flexibility index (Phi) is 5.23. The van der Waals surface area contributed by atoms with Crippen molar-refractivity contribution in [3.8, 4) is 0 Å². The maximum atomic E-state index is 9.83. The van der Waals surface area contributed by atoms with Gasteiger partial charge in [0.1, 0.15) is 17.8 Å². The van der Waals surface area contributed by atoms with E-state index in [0.717, 1.165) is 0 Å². The number of aliphatic hydroxyl groups excluding tert-OH is 1. The molecule has 1 aromatic heterocycles. The monoisotopic (exact) mass is 231 g/mol. The van der Waals surface area contributed by atoms with E-state index < -0.39 is 6.10 Å². The quantitative estimate of drug-likeness (QED) is 0.728. The average Bonchev–Trinajstić information content (AvgIpc) is 2.30. The van der Waals surface area contributed by atoms with Gasteiger partial charge < -0.3 is 5.11 Å². The summed E-state index contributed by atoms with van der Waals surface area (Å²) in [5, 5.41) is 9.83. The summed E-state index contributed by atoms with van der Waals surface area (Å²) >= 11 is 0. The molecule has 1 atom stereocenters. The van der Waals surface area contributed by atoms with Gasteiger partial charge in [0.25, 0.3) is 0 Å². The molecule has 0 aliphatic heterocycles. The zero-order chi connectivity index (χ0) is 12.7. The Bertz CT molecular complexity index is 387. The fraction of sp³-hybridized carbons (Fsp3) is 0.308. The van der Waals surface area contributed by atoms with Gasteiger partial charge in [-0.15, -0.1) is 19.7 Å². The van der Waals surface area contributed by atoms with Gasteiger partial charge in [0.15, 0.2) is 5.82 Å². The van der Waals surface area contributed by atoms with Crippen molar-refractivity contribution in [2.45, 2.75) is 25.4 Å². The molecule has 0 spiro atoms. The Labute approximate surface area is 101 Å². The van der Waals surface area contributed by atoms with Crippen LogP contribution in [0.2, 0.25) is 0 Å². The summed E-state index contributed by atoms with van der Waals surface area (Å²) in [6.07, 6.45) is 5.87. The summed E-state index contributed by atoms with van der Waals surface area (Å²) in [5.41, 5.74) is 0. The predicted molar refractivity (Wildman–Crippen MR) is 67.4 cm³/mol. The first-order valence-electron chi connectivity index (χ1n) is 5.45. The van der Waals surface area contributed by atoms with E-state index in [-0.39, 0.29) is 0 Å². The Morgan fingerprint density at radius 1 is 0.941 bits per heavy atom. The zero-order valence-corrected chi connectivity index (χ0v) is 9.84. The molecule has 1 unspecified atom stereocenters. The molecule has 0 saturated heterocycles. The molecule has 4 heteroatoms. The van der Waals surface area contributed by atoms with Crippen molar-refractivity contribution in [2.75, 3.05) is 0 Å². The molecule has 0 aliphatic rings. The number of aromatic nitrogens is 3. The average molecular weight is 231 g/mol. The Hall–Kier alpha value is -1.81. The molecule has 0 bridgehead atoms. The molecule has 17 heavy (non-hydrogen) atoms. The number of hydrogen-bond acceptors (Lipinski definition) is 4. The molecule has 0 aliphatic carbocycles. The second kappa shape index (κ2) is 6.70. The van der Waals surface area contributed by atoms with Crippen molar-refractivity contribution in [1.29, 1.82) is 0 Å². The first-order valence-corrected chi connectivity index (χ1v) is 5.45. The zero-order valence-electron chi connectivity index (χ0n) is 9.84. The summed E-state index contributed by atoms with van der Waals surface area (Å²) in [5.74, 6) is 1.61. The van der Waals surface area contributed by atoms with Gasteiger partial charge in [0.05, 0.1) is 0 Å². The second-order valence-electron chi connectivity index (χ2n) is 3.55. The van der Waals surface area contributed by atoms with Crippen LogP contribution in [0.25, 0.3) is 0 Å². The molecule has 0 aromatic carbocycles. The molecule has 1 N–H and O–H groups in total. The number of aliphatic hydroxyl groups is 1. The topological polar surface area (TPSA) is 58.9 Å². The SMILES string of the molecule is C=CCc1nc(CC=C)nc(C(O)CC=C)n1. The smallest absolute Gasteiger partial charge is 0.161 e. The molecule has 0 fully saturated rings. The lowest BCUT2D eigenvalue weighted by molar-refractivity contribution is 0.170. The van der Waals surface area contributed by atoms with Crippen LogP contribution in [0.3, 0.4) is 0 Å². The number of nitrogens with zero attached hydrogens (tertiary/aromatic N) is 3. The maximum Gasteiger partial charge on any atom is 0.161 e. The third-order valence-electron chi connectivity index (χ3n) is 2.09. The van der Waals surface area contributed by atoms with Crippen LogP contribution in [0.1, 0.15) is 30.0 Å². The van der Waals surface area contributed by atoms with Gasteiger partial charge in [-0.2, -0.15) is 0 Å². The van der Waals surface area contributed by atoms with Gasteiger partial charge in [-0.3, -0.25) is 0 Å². The first kappa shape index (κ1) is 13.3. The fourth-order valence-electron chi connectivity index (χ4n) is 1.34. The van der Waals surface area contributed by atoms with Gasteiger partial charge >= 0.3 is 0 Å². The Morgan fingerprint density at radius 3 is 1.88 bits per heavy atom. The van der Waals surface area contributed by atoms with Crippen molar-refractivity contribution in [3.63, 3.8) is 0 Å². The molecular weight excluding hydrogens is 214 g/mol. The normalized spacial score (nSPS) is 11.8. The van der Waals surface area contributed by atoms with E-state index in [0.29, 0.717) is 36.7 Å². The van der Waals surface area contributed by atoms with Crippen molar-refractivity contribution < 1.29 is 5.11 Å². The highest BCUT2D eigenvalue weighted by atomic mass is 16.3. The molecular formula is C13H17N3O. The van der Waals surface area contributed by atoms with Crippen LogP contribution in [-0.4, -0.2) is 20.1 Å². The molecule has 1 aromatic rings. The maximum absolute atomic E-state index is 9.83. The van der Waals surface area contributed by atoms with Crippen LogP contribution in [-0.2, 0) is 12.8 Å². The number of hydrogen-bond donors (Lipinski definition) is 1. The largest absolute Gasteiger partial charge is 0.385 e. The Morgan fingerprint density at radius 2 is 1.47 bits per heavy atom. The van der Waals surface area contributed by atoms with Crippen molar-refractivity contribution in [1.82, 2.24) is 15.0 Å². The Balaban J connectivity index is 3.05. The third-order valence-corrected chi connectivity index (χ3v) is 2.09. The standard InChI is InChI=1S/C13H17N3O/c1-4-7-10(17)13-15-11(8-5-2)14-12(16-13)9-6-3/h4-6,10,17H,1-3,7-9H2. The summed E-state index contributed by atoms with van der Waals surface area (Å²) < 4.78 is 0. The van der Waals surface area contributed by atoms with Crippen molar-refractivity contribution >= 4 is 0 Å². The van der Waals surface area contributed by atoms with Crippen molar-refractivity contribution in [3.05, 3.63) is 55.4 Å². The lowest BCUT2D eigenvalue weighted by Crippen LogP contribution is -2.10. The van der Waals surface area contributed by atoms with Crippen LogP contribution in [0.15, 0.2) is 38.0 Å². The molecule has 1 heterocycles. The van der Waals surface area contributed by atoms with Gasteiger partial charge in [-0.25, -0.2) is 15.0 Å². The minimum Gasteiger partial charge on any atom is -0.385 e. The minimum atomic E-state index is -0.734.